The monoisotopic (exact) mass is 403 g/mol. The maximum absolute atomic E-state index is 12.2. The van der Waals surface area contributed by atoms with E-state index in [2.05, 4.69) is 20.4 Å². The van der Waals surface area contributed by atoms with E-state index in [1.165, 1.54) is 24.5 Å². The van der Waals surface area contributed by atoms with Crippen molar-refractivity contribution >= 4 is 45.8 Å². The van der Waals surface area contributed by atoms with Gasteiger partial charge in [0.2, 0.25) is 5.91 Å². The van der Waals surface area contributed by atoms with Crippen LogP contribution in [0.5, 0.6) is 0 Å². The van der Waals surface area contributed by atoms with Gasteiger partial charge in [-0.15, -0.1) is 11.3 Å². The standard InChI is InChI=1S/C18H21N5O4S/c1-27-15(25)6-5-11-7-8-28-17(11)23-14(24)10-21-16(26)12-3-2-4-13(9-12)22-18(19)20/h2-4,7-9H,5-6,10H2,1H3,(H,21,26)(H,23,24)(H4,19,20,22). The Hall–Kier alpha value is -3.40. The summed E-state index contributed by atoms with van der Waals surface area (Å²) < 4.78 is 4.61. The van der Waals surface area contributed by atoms with Crippen molar-refractivity contribution < 1.29 is 19.1 Å². The first kappa shape index (κ1) is 20.9. The summed E-state index contributed by atoms with van der Waals surface area (Å²) in [6.07, 6.45) is 0.675. The molecule has 148 valence electrons. The molecule has 1 aromatic heterocycles. The minimum atomic E-state index is -0.431. The first-order valence-electron chi connectivity index (χ1n) is 8.30. The molecule has 10 heteroatoms. The third-order valence-electron chi connectivity index (χ3n) is 3.60. The van der Waals surface area contributed by atoms with E-state index in [4.69, 9.17) is 11.5 Å². The number of benzene rings is 1. The van der Waals surface area contributed by atoms with Crippen molar-refractivity contribution in [3.05, 3.63) is 46.8 Å². The third-order valence-corrected chi connectivity index (χ3v) is 4.47. The summed E-state index contributed by atoms with van der Waals surface area (Å²) in [7, 11) is 1.33. The molecule has 2 aromatic rings. The fourth-order valence-electron chi connectivity index (χ4n) is 2.28. The number of rotatable bonds is 8. The normalized spacial score (nSPS) is 10.0. The Balaban J connectivity index is 1.89. The molecule has 1 aromatic carbocycles. The number of nitrogens with one attached hydrogen (secondary N) is 2. The average molecular weight is 403 g/mol. The zero-order valence-electron chi connectivity index (χ0n) is 15.2. The van der Waals surface area contributed by atoms with Crippen LogP contribution in [0.4, 0.5) is 10.7 Å². The summed E-state index contributed by atoms with van der Waals surface area (Å²) in [4.78, 5) is 39.5. The van der Waals surface area contributed by atoms with Crippen molar-refractivity contribution in [2.75, 3.05) is 19.0 Å². The first-order chi connectivity index (χ1) is 13.4. The Bertz CT molecular complexity index is 890. The van der Waals surface area contributed by atoms with Crippen LogP contribution in [-0.2, 0) is 20.7 Å². The summed E-state index contributed by atoms with van der Waals surface area (Å²) in [6, 6.07) is 8.21. The predicted molar refractivity (Wildman–Crippen MR) is 108 cm³/mol. The van der Waals surface area contributed by atoms with E-state index in [0.717, 1.165) is 5.56 Å². The van der Waals surface area contributed by atoms with Crippen LogP contribution in [0.1, 0.15) is 22.3 Å². The summed E-state index contributed by atoms with van der Waals surface area (Å²) in [6.45, 7) is -0.209. The SMILES string of the molecule is COC(=O)CCc1ccsc1NC(=O)CNC(=O)c1cccc(N=C(N)N)c1. The predicted octanol–water partition coefficient (Wildman–Crippen LogP) is 1.13. The van der Waals surface area contributed by atoms with Crippen molar-refractivity contribution in [1.29, 1.82) is 0 Å². The van der Waals surface area contributed by atoms with E-state index in [1.807, 2.05) is 11.4 Å². The van der Waals surface area contributed by atoms with Crippen molar-refractivity contribution in [2.45, 2.75) is 12.8 Å². The van der Waals surface area contributed by atoms with Gasteiger partial charge in [0.1, 0.15) is 0 Å². The number of aliphatic imine (C=N–C) groups is 1. The highest BCUT2D eigenvalue weighted by atomic mass is 32.1. The molecule has 2 rings (SSSR count). The zero-order valence-corrected chi connectivity index (χ0v) is 16.0. The summed E-state index contributed by atoms with van der Waals surface area (Å²) >= 11 is 1.34. The summed E-state index contributed by atoms with van der Waals surface area (Å²) in [5, 5.41) is 7.73. The fraction of sp³-hybridized carbons (Fsp3) is 0.222. The van der Waals surface area contributed by atoms with Gasteiger partial charge in [0.25, 0.3) is 5.91 Å². The molecule has 9 nitrogen and oxygen atoms in total. The van der Waals surface area contributed by atoms with Gasteiger partial charge in [-0.2, -0.15) is 0 Å². The minimum Gasteiger partial charge on any atom is -0.469 e. The highest BCUT2D eigenvalue weighted by molar-refractivity contribution is 7.14. The second kappa shape index (κ2) is 10.1. The van der Waals surface area contributed by atoms with Crippen LogP contribution >= 0.6 is 11.3 Å². The molecule has 0 atom stereocenters. The van der Waals surface area contributed by atoms with Gasteiger partial charge >= 0.3 is 5.97 Å². The smallest absolute Gasteiger partial charge is 0.305 e. The van der Waals surface area contributed by atoms with Crippen LogP contribution in [0.25, 0.3) is 0 Å². The maximum atomic E-state index is 12.2. The molecular formula is C18H21N5O4S. The molecule has 6 N–H and O–H groups in total. The van der Waals surface area contributed by atoms with Crippen molar-refractivity contribution in [2.24, 2.45) is 16.5 Å². The Kier molecular flexibility index (Phi) is 7.52. The molecule has 0 saturated heterocycles. The van der Waals surface area contributed by atoms with Crippen molar-refractivity contribution in [3.8, 4) is 0 Å². The third kappa shape index (κ3) is 6.40. The zero-order chi connectivity index (χ0) is 20.5. The number of amides is 2. The number of hydrogen-bond donors (Lipinski definition) is 4. The number of nitrogens with zero attached hydrogens (tertiary/aromatic N) is 1. The number of carbonyl (C=O) groups is 3. The van der Waals surface area contributed by atoms with Gasteiger partial charge in [0.15, 0.2) is 5.96 Å². The highest BCUT2D eigenvalue weighted by Gasteiger charge is 2.12. The number of ether oxygens (including phenoxy) is 1. The molecule has 0 bridgehead atoms. The van der Waals surface area contributed by atoms with Crippen LogP contribution < -0.4 is 22.1 Å². The summed E-state index contributed by atoms with van der Waals surface area (Å²) in [5.41, 5.74) is 12.2. The molecule has 0 saturated carbocycles. The molecule has 0 radical (unpaired) electrons. The van der Waals surface area contributed by atoms with Gasteiger partial charge in [-0.3, -0.25) is 14.4 Å². The van der Waals surface area contributed by atoms with Gasteiger partial charge in [-0.25, -0.2) is 4.99 Å². The minimum absolute atomic E-state index is 0.115. The maximum Gasteiger partial charge on any atom is 0.305 e. The largest absolute Gasteiger partial charge is 0.469 e. The van der Waals surface area contributed by atoms with Crippen molar-refractivity contribution in [1.82, 2.24) is 5.32 Å². The van der Waals surface area contributed by atoms with E-state index < -0.39 is 5.91 Å². The molecule has 0 spiro atoms. The Morgan fingerprint density at radius 1 is 1.21 bits per heavy atom. The number of thiophene rings is 1. The quantitative estimate of drug-likeness (QED) is 0.295. The van der Waals surface area contributed by atoms with Gasteiger partial charge in [0, 0.05) is 12.0 Å². The number of guanidine groups is 1. The number of anilines is 1. The van der Waals surface area contributed by atoms with Crippen LogP contribution in [0, 0.1) is 0 Å². The molecule has 0 aliphatic rings. The van der Waals surface area contributed by atoms with Gasteiger partial charge in [-0.1, -0.05) is 6.07 Å². The lowest BCUT2D eigenvalue weighted by Gasteiger charge is -2.08. The van der Waals surface area contributed by atoms with Crippen LogP contribution in [-0.4, -0.2) is 37.4 Å². The topological polar surface area (TPSA) is 149 Å². The number of nitrogens with two attached hydrogens (primary N) is 2. The lowest BCUT2D eigenvalue weighted by molar-refractivity contribution is -0.140. The van der Waals surface area contributed by atoms with E-state index in [-0.39, 0.29) is 30.8 Å². The lowest BCUT2D eigenvalue weighted by atomic mass is 10.2. The Morgan fingerprint density at radius 2 is 2.00 bits per heavy atom. The molecule has 1 heterocycles. The Morgan fingerprint density at radius 3 is 2.71 bits per heavy atom. The summed E-state index contributed by atoms with van der Waals surface area (Å²) in [5.74, 6) is -1.25. The number of hydrogen-bond acceptors (Lipinski definition) is 6. The number of aryl methyl sites for hydroxylation is 1. The van der Waals surface area contributed by atoms with Gasteiger partial charge in [-0.05, 0) is 41.6 Å². The van der Waals surface area contributed by atoms with E-state index in [1.54, 1.807) is 18.2 Å². The molecule has 0 aliphatic carbocycles. The van der Waals surface area contributed by atoms with Crippen LogP contribution in [0.2, 0.25) is 0 Å². The molecule has 0 unspecified atom stereocenters. The number of methoxy groups -OCH3 is 1. The number of esters is 1. The lowest BCUT2D eigenvalue weighted by Crippen LogP contribution is -2.32. The van der Waals surface area contributed by atoms with Gasteiger partial charge < -0.3 is 26.8 Å². The van der Waals surface area contributed by atoms with E-state index in [9.17, 15) is 14.4 Å². The molecule has 2 amide bonds. The molecule has 28 heavy (non-hydrogen) atoms. The van der Waals surface area contributed by atoms with Crippen molar-refractivity contribution in [3.63, 3.8) is 0 Å². The van der Waals surface area contributed by atoms with Crippen LogP contribution in [0.15, 0.2) is 40.7 Å². The fourth-order valence-corrected chi connectivity index (χ4v) is 3.14. The molecule has 0 fully saturated rings. The number of carbonyl (C=O) groups excluding carboxylic acids is 3. The van der Waals surface area contributed by atoms with Gasteiger partial charge in [0.05, 0.1) is 24.3 Å². The Labute approximate surface area is 165 Å². The second-order valence-electron chi connectivity index (χ2n) is 5.67. The van der Waals surface area contributed by atoms with Crippen LogP contribution in [0.3, 0.4) is 0 Å². The molecular weight excluding hydrogens is 382 g/mol. The van der Waals surface area contributed by atoms with E-state index >= 15 is 0 Å². The second-order valence-corrected chi connectivity index (χ2v) is 6.59. The average Bonchev–Trinajstić information content (AvgIpc) is 3.10. The highest BCUT2D eigenvalue weighted by Crippen LogP contribution is 2.24. The first-order valence-corrected chi connectivity index (χ1v) is 9.18. The molecule has 0 aliphatic heterocycles. The van der Waals surface area contributed by atoms with E-state index in [0.29, 0.717) is 22.7 Å².